The maximum atomic E-state index is 2.81. The first-order valence-corrected chi connectivity index (χ1v) is 7.33. The summed E-state index contributed by atoms with van der Waals surface area (Å²) in [5.41, 5.74) is 0.596. The Kier molecular flexibility index (Phi) is 3.63. The lowest BCUT2D eigenvalue weighted by Gasteiger charge is -2.57. The summed E-state index contributed by atoms with van der Waals surface area (Å²) in [4.78, 5) is 2.81. The van der Waals surface area contributed by atoms with Crippen LogP contribution in [0.15, 0.2) is 0 Å². The molecule has 2 fully saturated rings. The highest BCUT2D eigenvalue weighted by Gasteiger charge is 2.48. The monoisotopic (exact) mass is 223 g/mol. The fraction of sp³-hybridized carbons (Fsp3) is 1.00. The third-order valence-corrected chi connectivity index (χ3v) is 5.44. The Morgan fingerprint density at radius 3 is 2.19 bits per heavy atom. The fourth-order valence-electron chi connectivity index (χ4n) is 4.64. The molecular formula is C15H29N. The van der Waals surface area contributed by atoms with Crippen LogP contribution in [-0.2, 0) is 0 Å². The van der Waals surface area contributed by atoms with Crippen molar-refractivity contribution >= 4 is 0 Å². The molecule has 16 heavy (non-hydrogen) atoms. The summed E-state index contributed by atoms with van der Waals surface area (Å²) in [6, 6.07) is 0.884. The van der Waals surface area contributed by atoms with Crippen LogP contribution < -0.4 is 0 Å². The van der Waals surface area contributed by atoms with E-state index in [9.17, 15) is 0 Å². The SMILES string of the molecule is CC(C)C1(C(C)C)CCCN2CCCCC21. The summed E-state index contributed by atoms with van der Waals surface area (Å²) in [7, 11) is 0. The third kappa shape index (κ3) is 1.81. The molecule has 0 saturated carbocycles. The molecular weight excluding hydrogens is 194 g/mol. The zero-order valence-corrected chi connectivity index (χ0v) is 11.6. The molecule has 0 aromatic rings. The maximum absolute atomic E-state index is 2.81. The van der Waals surface area contributed by atoms with E-state index in [0.717, 1.165) is 17.9 Å². The average Bonchev–Trinajstić information content (AvgIpc) is 2.27. The van der Waals surface area contributed by atoms with Crippen LogP contribution in [0.4, 0.5) is 0 Å². The highest BCUT2D eigenvalue weighted by Crippen LogP contribution is 2.50. The number of nitrogens with zero attached hydrogens (tertiary/aromatic N) is 1. The van der Waals surface area contributed by atoms with Crippen LogP contribution in [-0.4, -0.2) is 24.0 Å². The van der Waals surface area contributed by atoms with Gasteiger partial charge in [0.1, 0.15) is 0 Å². The van der Waals surface area contributed by atoms with Gasteiger partial charge in [-0.15, -0.1) is 0 Å². The van der Waals surface area contributed by atoms with Gasteiger partial charge in [0.25, 0.3) is 0 Å². The second kappa shape index (κ2) is 4.68. The molecule has 0 bridgehead atoms. The second-order valence-corrected chi connectivity index (χ2v) is 6.57. The average molecular weight is 223 g/mol. The predicted octanol–water partition coefficient (Wildman–Crippen LogP) is 3.93. The van der Waals surface area contributed by atoms with Crippen LogP contribution in [0.2, 0.25) is 0 Å². The first-order chi connectivity index (χ1) is 7.59. The van der Waals surface area contributed by atoms with E-state index >= 15 is 0 Å². The van der Waals surface area contributed by atoms with Gasteiger partial charge in [-0.1, -0.05) is 34.1 Å². The van der Waals surface area contributed by atoms with Crippen LogP contribution in [0.3, 0.4) is 0 Å². The topological polar surface area (TPSA) is 3.24 Å². The van der Waals surface area contributed by atoms with Gasteiger partial charge >= 0.3 is 0 Å². The smallest absolute Gasteiger partial charge is 0.0157 e. The van der Waals surface area contributed by atoms with E-state index in [0.29, 0.717) is 5.41 Å². The van der Waals surface area contributed by atoms with Crippen molar-refractivity contribution in [3.8, 4) is 0 Å². The fourth-order valence-corrected chi connectivity index (χ4v) is 4.64. The van der Waals surface area contributed by atoms with E-state index in [1.807, 2.05) is 0 Å². The molecule has 1 nitrogen and oxygen atoms in total. The molecule has 2 aliphatic heterocycles. The first-order valence-electron chi connectivity index (χ1n) is 7.33. The van der Waals surface area contributed by atoms with Crippen LogP contribution in [0.25, 0.3) is 0 Å². The zero-order valence-electron chi connectivity index (χ0n) is 11.6. The molecule has 2 heterocycles. The van der Waals surface area contributed by atoms with Gasteiger partial charge in [-0.2, -0.15) is 0 Å². The Balaban J connectivity index is 2.27. The molecule has 0 N–H and O–H groups in total. The Morgan fingerprint density at radius 2 is 1.56 bits per heavy atom. The number of hydrogen-bond acceptors (Lipinski definition) is 1. The lowest BCUT2D eigenvalue weighted by atomic mass is 9.58. The quantitative estimate of drug-likeness (QED) is 0.685. The highest BCUT2D eigenvalue weighted by atomic mass is 15.2. The first kappa shape index (κ1) is 12.4. The Bertz CT molecular complexity index is 222. The normalized spacial score (nSPS) is 30.8. The minimum atomic E-state index is 0.596. The Hall–Kier alpha value is -0.0400. The van der Waals surface area contributed by atoms with E-state index in [4.69, 9.17) is 0 Å². The number of hydrogen-bond donors (Lipinski definition) is 0. The Labute approximate surface area is 102 Å². The molecule has 0 spiro atoms. The number of fused-ring (bicyclic) bond motifs is 1. The standard InChI is InChI=1S/C15H29N/c1-12(2)15(13(3)4)9-7-11-16-10-6-5-8-14(15)16/h12-14H,5-11H2,1-4H3. The van der Waals surface area contributed by atoms with Crippen molar-refractivity contribution in [2.45, 2.75) is 65.8 Å². The van der Waals surface area contributed by atoms with Gasteiger partial charge in [-0.3, -0.25) is 4.90 Å². The van der Waals surface area contributed by atoms with Crippen LogP contribution in [0.5, 0.6) is 0 Å². The Morgan fingerprint density at radius 1 is 0.938 bits per heavy atom. The largest absolute Gasteiger partial charge is 0.300 e. The van der Waals surface area contributed by atoms with Gasteiger partial charge in [0.2, 0.25) is 0 Å². The highest BCUT2D eigenvalue weighted by molar-refractivity contribution is 5.00. The van der Waals surface area contributed by atoms with Crippen LogP contribution in [0, 0.1) is 17.3 Å². The van der Waals surface area contributed by atoms with Gasteiger partial charge < -0.3 is 0 Å². The summed E-state index contributed by atoms with van der Waals surface area (Å²) < 4.78 is 0. The molecule has 0 aromatic carbocycles. The van der Waals surface area contributed by atoms with Crippen molar-refractivity contribution in [1.29, 1.82) is 0 Å². The molecule has 0 aliphatic carbocycles. The summed E-state index contributed by atoms with van der Waals surface area (Å²) in [5, 5.41) is 0. The van der Waals surface area contributed by atoms with Crippen molar-refractivity contribution in [3.05, 3.63) is 0 Å². The molecule has 2 saturated heterocycles. The molecule has 0 radical (unpaired) electrons. The molecule has 2 aliphatic rings. The van der Waals surface area contributed by atoms with E-state index in [1.165, 1.54) is 45.2 Å². The summed E-state index contributed by atoms with van der Waals surface area (Å²) in [6.07, 6.45) is 7.23. The minimum absolute atomic E-state index is 0.596. The van der Waals surface area contributed by atoms with Gasteiger partial charge in [0, 0.05) is 6.04 Å². The van der Waals surface area contributed by atoms with E-state index in [-0.39, 0.29) is 0 Å². The van der Waals surface area contributed by atoms with Gasteiger partial charge in [0.15, 0.2) is 0 Å². The van der Waals surface area contributed by atoms with Crippen LogP contribution in [0.1, 0.15) is 59.8 Å². The predicted molar refractivity (Wildman–Crippen MR) is 70.6 cm³/mol. The summed E-state index contributed by atoms with van der Waals surface area (Å²) >= 11 is 0. The van der Waals surface area contributed by atoms with Crippen molar-refractivity contribution in [1.82, 2.24) is 4.90 Å². The number of piperidine rings is 2. The molecule has 94 valence electrons. The third-order valence-electron chi connectivity index (χ3n) is 5.44. The molecule has 0 amide bonds. The molecule has 1 heteroatoms. The van der Waals surface area contributed by atoms with E-state index < -0.39 is 0 Å². The summed E-state index contributed by atoms with van der Waals surface area (Å²) in [5.74, 6) is 1.66. The van der Waals surface area contributed by atoms with Gasteiger partial charge in [-0.25, -0.2) is 0 Å². The molecule has 1 atom stereocenters. The van der Waals surface area contributed by atoms with Gasteiger partial charge in [0.05, 0.1) is 0 Å². The maximum Gasteiger partial charge on any atom is 0.0157 e. The molecule has 1 unspecified atom stereocenters. The molecule has 0 aromatic heterocycles. The summed E-state index contributed by atoms with van der Waals surface area (Å²) in [6.45, 7) is 12.6. The molecule has 2 rings (SSSR count). The van der Waals surface area contributed by atoms with E-state index in [1.54, 1.807) is 0 Å². The minimum Gasteiger partial charge on any atom is -0.300 e. The van der Waals surface area contributed by atoms with Gasteiger partial charge in [-0.05, 0) is 56.0 Å². The van der Waals surface area contributed by atoms with Crippen molar-refractivity contribution in [2.75, 3.05) is 13.1 Å². The zero-order chi connectivity index (χ0) is 11.8. The number of rotatable bonds is 2. The van der Waals surface area contributed by atoms with Crippen molar-refractivity contribution < 1.29 is 0 Å². The van der Waals surface area contributed by atoms with Crippen LogP contribution >= 0.6 is 0 Å². The lowest BCUT2D eigenvalue weighted by Crippen LogP contribution is -2.58. The lowest BCUT2D eigenvalue weighted by molar-refractivity contribution is -0.0707. The van der Waals surface area contributed by atoms with Crippen molar-refractivity contribution in [3.63, 3.8) is 0 Å². The van der Waals surface area contributed by atoms with Crippen molar-refractivity contribution in [2.24, 2.45) is 17.3 Å². The van der Waals surface area contributed by atoms with E-state index in [2.05, 4.69) is 32.6 Å². The second-order valence-electron chi connectivity index (χ2n) is 6.57.